The highest BCUT2D eigenvalue weighted by molar-refractivity contribution is 9.10. The van der Waals surface area contributed by atoms with E-state index in [0.717, 1.165) is 14.9 Å². The molecule has 0 unspecified atom stereocenters. The largest absolute Gasteiger partial charge is 0.336 e. The number of benzene rings is 1. The summed E-state index contributed by atoms with van der Waals surface area (Å²) in [5.74, 6) is 0.0416. The molecule has 6 heteroatoms. The third kappa shape index (κ3) is 4.13. The van der Waals surface area contributed by atoms with Crippen LogP contribution in [-0.4, -0.2) is 47.8 Å². The topological polar surface area (TPSA) is 40.6 Å². The highest BCUT2D eigenvalue weighted by Gasteiger charge is 2.24. The molecule has 0 spiro atoms. The molecule has 3 rings (SSSR count). The number of halogens is 1. The van der Waals surface area contributed by atoms with Gasteiger partial charge in [0.2, 0.25) is 5.91 Å². The number of carbonyl (C=O) groups is 2. The van der Waals surface area contributed by atoms with Gasteiger partial charge in [-0.1, -0.05) is 34.1 Å². The number of thiophene rings is 1. The van der Waals surface area contributed by atoms with Gasteiger partial charge in [0, 0.05) is 36.7 Å². The van der Waals surface area contributed by atoms with Crippen LogP contribution in [0.1, 0.15) is 15.2 Å². The minimum Gasteiger partial charge on any atom is -0.336 e. The SMILES string of the molecule is O=C(/C=C/c1cccc(Br)c1)N1CCN(C(=O)c2cccs2)CC1. The number of amides is 2. The zero-order valence-corrected chi connectivity index (χ0v) is 15.4. The van der Waals surface area contributed by atoms with Crippen LogP contribution in [0.15, 0.2) is 52.3 Å². The van der Waals surface area contributed by atoms with Gasteiger partial charge < -0.3 is 9.80 Å². The summed E-state index contributed by atoms with van der Waals surface area (Å²) in [6, 6.07) is 11.5. The third-order valence-electron chi connectivity index (χ3n) is 3.88. The molecule has 0 N–H and O–H groups in total. The number of hydrogen-bond donors (Lipinski definition) is 0. The molecule has 1 saturated heterocycles. The van der Waals surface area contributed by atoms with Gasteiger partial charge in [0.1, 0.15) is 0 Å². The van der Waals surface area contributed by atoms with Crippen molar-refractivity contribution in [1.82, 2.24) is 9.80 Å². The lowest BCUT2D eigenvalue weighted by Gasteiger charge is -2.34. The first-order chi connectivity index (χ1) is 11.6. The summed E-state index contributed by atoms with van der Waals surface area (Å²) in [7, 11) is 0. The van der Waals surface area contributed by atoms with Crippen molar-refractivity contribution in [2.45, 2.75) is 0 Å². The zero-order chi connectivity index (χ0) is 16.9. The van der Waals surface area contributed by atoms with E-state index in [4.69, 9.17) is 0 Å². The van der Waals surface area contributed by atoms with Crippen LogP contribution in [0.2, 0.25) is 0 Å². The lowest BCUT2D eigenvalue weighted by atomic mass is 10.2. The molecule has 0 aliphatic carbocycles. The monoisotopic (exact) mass is 404 g/mol. The second-order valence-corrected chi connectivity index (χ2v) is 7.35. The fourth-order valence-corrected chi connectivity index (χ4v) is 3.68. The molecule has 1 aromatic carbocycles. The van der Waals surface area contributed by atoms with E-state index < -0.39 is 0 Å². The molecule has 0 radical (unpaired) electrons. The van der Waals surface area contributed by atoms with Gasteiger partial charge >= 0.3 is 0 Å². The van der Waals surface area contributed by atoms with E-state index >= 15 is 0 Å². The second-order valence-electron chi connectivity index (χ2n) is 5.48. The van der Waals surface area contributed by atoms with E-state index in [1.807, 2.05) is 52.8 Å². The van der Waals surface area contributed by atoms with Crippen molar-refractivity contribution in [2.75, 3.05) is 26.2 Å². The third-order valence-corrected chi connectivity index (χ3v) is 5.23. The Hall–Kier alpha value is -1.92. The minimum absolute atomic E-state index is 0.0156. The summed E-state index contributed by atoms with van der Waals surface area (Å²) in [5.41, 5.74) is 0.976. The summed E-state index contributed by atoms with van der Waals surface area (Å²) in [5, 5.41) is 1.90. The number of rotatable bonds is 3. The first-order valence-corrected chi connectivity index (χ1v) is 9.36. The Kier molecular flexibility index (Phi) is 5.48. The molecule has 124 valence electrons. The fourth-order valence-electron chi connectivity index (χ4n) is 2.57. The first kappa shape index (κ1) is 16.9. The van der Waals surface area contributed by atoms with Crippen LogP contribution in [0, 0.1) is 0 Å². The Morgan fingerprint density at radius 2 is 1.79 bits per heavy atom. The van der Waals surface area contributed by atoms with Crippen LogP contribution < -0.4 is 0 Å². The van der Waals surface area contributed by atoms with Crippen molar-refractivity contribution in [3.8, 4) is 0 Å². The number of carbonyl (C=O) groups excluding carboxylic acids is 2. The van der Waals surface area contributed by atoms with Crippen LogP contribution in [0.3, 0.4) is 0 Å². The van der Waals surface area contributed by atoms with E-state index in [0.29, 0.717) is 26.2 Å². The van der Waals surface area contributed by atoms with Crippen molar-refractivity contribution in [3.63, 3.8) is 0 Å². The first-order valence-electron chi connectivity index (χ1n) is 7.69. The summed E-state index contributed by atoms with van der Waals surface area (Å²) in [6.07, 6.45) is 3.41. The Labute approximate surface area is 153 Å². The molecule has 1 fully saturated rings. The van der Waals surface area contributed by atoms with Gasteiger partial charge in [-0.05, 0) is 35.2 Å². The summed E-state index contributed by atoms with van der Waals surface area (Å²) >= 11 is 4.87. The second kappa shape index (κ2) is 7.77. The van der Waals surface area contributed by atoms with Crippen LogP contribution in [0.5, 0.6) is 0 Å². The molecule has 2 heterocycles. The molecule has 24 heavy (non-hydrogen) atoms. The smallest absolute Gasteiger partial charge is 0.264 e. The van der Waals surface area contributed by atoms with Crippen molar-refractivity contribution in [1.29, 1.82) is 0 Å². The van der Waals surface area contributed by atoms with Gasteiger partial charge in [-0.2, -0.15) is 0 Å². The molecule has 1 aromatic heterocycles. The molecule has 0 bridgehead atoms. The normalized spacial score (nSPS) is 15.0. The van der Waals surface area contributed by atoms with Crippen LogP contribution >= 0.6 is 27.3 Å². The quantitative estimate of drug-likeness (QED) is 0.734. The standard InChI is InChI=1S/C18H17BrN2O2S/c19-15-4-1-3-14(13-15)6-7-17(22)20-8-10-21(11-9-20)18(23)16-5-2-12-24-16/h1-7,12-13H,8-11H2/b7-6+. The van der Waals surface area contributed by atoms with E-state index in [2.05, 4.69) is 15.9 Å². The molecule has 2 aromatic rings. The van der Waals surface area contributed by atoms with E-state index in [1.54, 1.807) is 11.0 Å². The summed E-state index contributed by atoms with van der Waals surface area (Å²) in [6.45, 7) is 2.29. The maximum Gasteiger partial charge on any atom is 0.264 e. The highest BCUT2D eigenvalue weighted by Crippen LogP contribution is 2.15. The predicted octanol–water partition coefficient (Wildman–Crippen LogP) is 3.51. The van der Waals surface area contributed by atoms with Crippen LogP contribution in [0.4, 0.5) is 0 Å². The molecule has 0 atom stereocenters. The molecular weight excluding hydrogens is 388 g/mol. The molecule has 2 amide bonds. The van der Waals surface area contributed by atoms with Gasteiger partial charge in [-0.3, -0.25) is 9.59 Å². The minimum atomic E-state index is -0.0156. The average Bonchev–Trinajstić information content (AvgIpc) is 3.14. The number of hydrogen-bond acceptors (Lipinski definition) is 3. The fraction of sp³-hybridized carbons (Fsp3) is 0.222. The molecule has 1 aliphatic heterocycles. The maximum absolute atomic E-state index is 12.3. The van der Waals surface area contributed by atoms with Crippen molar-refractivity contribution >= 4 is 45.2 Å². The predicted molar refractivity (Wildman–Crippen MR) is 100.0 cm³/mol. The van der Waals surface area contributed by atoms with E-state index in [1.165, 1.54) is 11.3 Å². The van der Waals surface area contributed by atoms with Gasteiger partial charge in [-0.15, -0.1) is 11.3 Å². The molecule has 0 saturated carbocycles. The van der Waals surface area contributed by atoms with Crippen LogP contribution in [0.25, 0.3) is 6.08 Å². The Balaban J connectivity index is 1.54. The molecule has 1 aliphatic rings. The number of nitrogens with zero attached hydrogens (tertiary/aromatic N) is 2. The average molecular weight is 405 g/mol. The zero-order valence-electron chi connectivity index (χ0n) is 13.0. The van der Waals surface area contributed by atoms with Crippen molar-refractivity contribution in [3.05, 3.63) is 62.8 Å². The van der Waals surface area contributed by atoms with Crippen molar-refractivity contribution < 1.29 is 9.59 Å². The van der Waals surface area contributed by atoms with Gasteiger partial charge in [0.15, 0.2) is 0 Å². The maximum atomic E-state index is 12.3. The Morgan fingerprint density at radius 3 is 2.46 bits per heavy atom. The lowest BCUT2D eigenvalue weighted by Crippen LogP contribution is -2.50. The lowest BCUT2D eigenvalue weighted by molar-refractivity contribution is -0.127. The highest BCUT2D eigenvalue weighted by atomic mass is 79.9. The summed E-state index contributed by atoms with van der Waals surface area (Å²) in [4.78, 5) is 28.9. The molecular formula is C18H17BrN2O2S. The van der Waals surface area contributed by atoms with E-state index in [9.17, 15) is 9.59 Å². The van der Waals surface area contributed by atoms with E-state index in [-0.39, 0.29) is 11.8 Å². The van der Waals surface area contributed by atoms with Gasteiger partial charge in [0.05, 0.1) is 4.88 Å². The Morgan fingerprint density at radius 1 is 1.04 bits per heavy atom. The molecule has 4 nitrogen and oxygen atoms in total. The Bertz CT molecular complexity index is 750. The van der Waals surface area contributed by atoms with Gasteiger partial charge in [0.25, 0.3) is 5.91 Å². The number of piperazine rings is 1. The van der Waals surface area contributed by atoms with Crippen LogP contribution in [-0.2, 0) is 4.79 Å². The van der Waals surface area contributed by atoms with Gasteiger partial charge in [-0.25, -0.2) is 0 Å². The summed E-state index contributed by atoms with van der Waals surface area (Å²) < 4.78 is 0.984. The van der Waals surface area contributed by atoms with Crippen molar-refractivity contribution in [2.24, 2.45) is 0 Å².